The molecule has 0 spiro atoms. The minimum atomic E-state index is 0. The first kappa shape index (κ1) is 43.8. The minimum Gasteiger partial charge on any atom is -0.658 e. The first-order valence-electron chi connectivity index (χ1n) is 20.4. The smallest absolute Gasteiger partial charge is 0.658 e. The second kappa shape index (κ2) is 22.0. The van der Waals surface area contributed by atoms with Crippen molar-refractivity contribution >= 4 is 56.6 Å². The fourth-order valence-corrected chi connectivity index (χ4v) is 7.25. The van der Waals surface area contributed by atoms with Crippen LogP contribution < -0.4 is 0 Å². The Labute approximate surface area is 343 Å². The molecule has 0 amide bonds. The number of ether oxygens (including phenoxy) is 3. The van der Waals surface area contributed by atoms with E-state index in [0.29, 0.717) is 23.7 Å². The largest absolute Gasteiger partial charge is 2.00 e. The molecule has 3 aliphatic heterocycles. The van der Waals surface area contributed by atoms with Crippen LogP contribution in [0.1, 0.15) is 151 Å². The van der Waals surface area contributed by atoms with Gasteiger partial charge in [-0.05, 0) is 84.1 Å². The quantitative estimate of drug-likeness (QED) is 0.169. The molecule has 5 nitrogen and oxygen atoms in total. The molecule has 286 valence electrons. The molecule has 4 aromatic rings. The first-order valence-corrected chi connectivity index (χ1v) is 20.4. The molecule has 0 radical (unpaired) electrons. The Balaban J connectivity index is 0.000000334. The average molecular weight is 741 g/mol. The van der Waals surface area contributed by atoms with Gasteiger partial charge in [-0.3, -0.25) is 0 Å². The third kappa shape index (κ3) is 11.3. The van der Waals surface area contributed by atoms with E-state index < -0.39 is 0 Å². The number of hydrogen-bond donors (Lipinski definition) is 0. The molecular formula is C48H64MgN2O3. The summed E-state index contributed by atoms with van der Waals surface area (Å²) in [5.41, 5.74) is 11.7. The Hall–Kier alpha value is -2.87. The Morgan fingerprint density at radius 1 is 0.407 bits per heavy atom. The van der Waals surface area contributed by atoms with Gasteiger partial charge in [-0.25, -0.2) is 0 Å². The van der Waals surface area contributed by atoms with Gasteiger partial charge in [0, 0.05) is 39.6 Å². The van der Waals surface area contributed by atoms with Crippen molar-refractivity contribution in [2.45, 2.75) is 118 Å². The second-order valence-corrected chi connectivity index (χ2v) is 15.8. The van der Waals surface area contributed by atoms with E-state index in [9.17, 15) is 0 Å². The maximum atomic E-state index is 5.55. The van der Waals surface area contributed by atoms with Crippen LogP contribution in [0.3, 0.4) is 0 Å². The van der Waals surface area contributed by atoms with E-state index in [1.54, 1.807) is 0 Å². The molecule has 0 unspecified atom stereocenters. The van der Waals surface area contributed by atoms with Gasteiger partial charge in [-0.15, -0.1) is 22.8 Å². The van der Waals surface area contributed by atoms with Gasteiger partial charge in [0.2, 0.25) is 0 Å². The second-order valence-electron chi connectivity index (χ2n) is 15.8. The molecular weight excluding hydrogens is 677 g/mol. The standard InChI is InChI=1S/C36H40N2.3C4H8O.Mg/c1-21(2)26-15-11-16-27(22(3)4)33(26)37-35-30-19-9-13-25-14-10-20-31(32(25)30)36(35)38-34-28(23(5)6)17-12-18-29(34)24(7)8;3*1-2-4-5-3-1;/h9-24H,1-8H3;3*1-4H2;/q-2;;;;+2. The van der Waals surface area contributed by atoms with Gasteiger partial charge in [-0.1, -0.05) is 150 Å². The Morgan fingerprint density at radius 3 is 0.926 bits per heavy atom. The number of para-hydroxylation sites is 2. The van der Waals surface area contributed by atoms with Gasteiger partial charge in [0.05, 0.1) is 0 Å². The molecule has 3 fully saturated rings. The van der Waals surface area contributed by atoms with E-state index in [1.807, 2.05) is 0 Å². The van der Waals surface area contributed by atoms with Crippen LogP contribution in [0.25, 0.3) is 32.8 Å². The van der Waals surface area contributed by atoms with Crippen LogP contribution >= 0.6 is 0 Å². The van der Waals surface area contributed by atoms with Crippen molar-refractivity contribution in [2.75, 3.05) is 39.6 Å². The van der Waals surface area contributed by atoms with Crippen molar-refractivity contribution in [3.63, 3.8) is 0 Å². The summed E-state index contributed by atoms with van der Waals surface area (Å²) in [5, 5.41) is 13.6. The van der Waals surface area contributed by atoms with Crippen molar-refractivity contribution < 1.29 is 14.2 Å². The molecule has 0 bridgehead atoms. The van der Waals surface area contributed by atoms with Gasteiger partial charge in [-0.2, -0.15) is 0 Å². The van der Waals surface area contributed by atoms with Crippen LogP contribution in [0.2, 0.25) is 0 Å². The predicted molar refractivity (Wildman–Crippen MR) is 232 cm³/mol. The Morgan fingerprint density at radius 2 is 0.685 bits per heavy atom. The van der Waals surface area contributed by atoms with Gasteiger partial charge < -0.3 is 24.8 Å². The third-order valence-corrected chi connectivity index (χ3v) is 10.3. The van der Waals surface area contributed by atoms with Crippen molar-refractivity contribution in [3.05, 3.63) is 117 Å². The van der Waals surface area contributed by atoms with Crippen LogP contribution in [0, 0.1) is 0 Å². The topological polar surface area (TPSA) is 55.9 Å². The molecule has 0 atom stereocenters. The molecule has 8 rings (SSSR count). The van der Waals surface area contributed by atoms with E-state index >= 15 is 0 Å². The molecule has 0 saturated carbocycles. The maximum absolute atomic E-state index is 5.55. The summed E-state index contributed by atoms with van der Waals surface area (Å²) in [6, 6.07) is 26.5. The fourth-order valence-electron chi connectivity index (χ4n) is 7.25. The van der Waals surface area contributed by atoms with Crippen LogP contribution in [-0.4, -0.2) is 62.7 Å². The van der Waals surface area contributed by atoms with Gasteiger partial charge in [0.1, 0.15) is 0 Å². The number of nitrogens with zero attached hydrogens (tertiary/aromatic N) is 2. The molecule has 54 heavy (non-hydrogen) atoms. The molecule has 4 aromatic carbocycles. The molecule has 3 saturated heterocycles. The van der Waals surface area contributed by atoms with E-state index in [1.165, 1.54) is 82.7 Å². The Bertz CT molecular complexity index is 1570. The van der Waals surface area contributed by atoms with E-state index in [4.69, 9.17) is 24.8 Å². The van der Waals surface area contributed by atoms with Crippen LogP contribution in [0.4, 0.5) is 11.4 Å². The fraction of sp³-hybridized carbons (Fsp3) is 0.500. The third-order valence-electron chi connectivity index (χ3n) is 10.3. The predicted octanol–water partition coefficient (Wildman–Crippen LogP) is 13.9. The zero-order valence-electron chi connectivity index (χ0n) is 34.5. The van der Waals surface area contributed by atoms with E-state index in [-0.39, 0.29) is 23.1 Å². The van der Waals surface area contributed by atoms with Crippen LogP contribution in [-0.2, 0) is 14.2 Å². The molecule has 1 aliphatic carbocycles. The van der Waals surface area contributed by atoms with Gasteiger partial charge >= 0.3 is 23.1 Å². The normalized spacial score (nSPS) is 15.9. The zero-order chi connectivity index (χ0) is 37.7. The molecule has 0 aromatic heterocycles. The summed E-state index contributed by atoms with van der Waals surface area (Å²) in [6.07, 6.45) is 7.67. The monoisotopic (exact) mass is 740 g/mol. The molecule has 6 heteroatoms. The summed E-state index contributed by atoms with van der Waals surface area (Å²) in [5.74, 6) is 1.51. The van der Waals surface area contributed by atoms with Crippen molar-refractivity contribution in [2.24, 2.45) is 0 Å². The van der Waals surface area contributed by atoms with Gasteiger partial charge in [0.15, 0.2) is 0 Å². The number of rotatable bonds is 8. The van der Waals surface area contributed by atoms with Crippen molar-refractivity contribution in [1.82, 2.24) is 0 Å². The van der Waals surface area contributed by atoms with Crippen LogP contribution in [0.5, 0.6) is 0 Å². The SMILES string of the molecule is C1CCOC1.C1CCOC1.C1CCOC1.CC(C)c1cccc(C(C)C)c1[N-]C1=C([N-]c2c(C(C)C)cccc2C(C)C)c2cccc3cccc1c23.[Mg+2]. The zero-order valence-corrected chi connectivity index (χ0v) is 36.0. The molecule has 0 N–H and O–H groups in total. The first-order chi connectivity index (χ1) is 25.7. The number of benzene rings is 4. The minimum absolute atomic E-state index is 0. The Kier molecular flexibility index (Phi) is 17.9. The summed E-state index contributed by atoms with van der Waals surface area (Å²) in [7, 11) is 0. The summed E-state index contributed by atoms with van der Waals surface area (Å²) in [4.78, 5) is 0. The maximum Gasteiger partial charge on any atom is 2.00 e. The summed E-state index contributed by atoms with van der Waals surface area (Å²) < 4.78 is 14.8. The van der Waals surface area contributed by atoms with E-state index in [0.717, 1.165) is 62.4 Å². The van der Waals surface area contributed by atoms with Crippen LogP contribution in [0.15, 0.2) is 72.8 Å². The van der Waals surface area contributed by atoms with E-state index in [2.05, 4.69) is 128 Å². The van der Waals surface area contributed by atoms with Gasteiger partial charge in [0.25, 0.3) is 0 Å². The average Bonchev–Trinajstić information content (AvgIpc) is 4.01. The van der Waals surface area contributed by atoms with Crippen molar-refractivity contribution in [1.29, 1.82) is 0 Å². The van der Waals surface area contributed by atoms with Crippen molar-refractivity contribution in [3.8, 4) is 0 Å². The molecule has 4 aliphatic rings. The summed E-state index contributed by atoms with van der Waals surface area (Å²) in [6.45, 7) is 24.1. The number of hydrogen-bond acceptors (Lipinski definition) is 3. The molecule has 3 heterocycles. The summed E-state index contributed by atoms with van der Waals surface area (Å²) >= 11 is 0.